The number of hydrogen-bond donors (Lipinski definition) is 2. The lowest BCUT2D eigenvalue weighted by Crippen LogP contribution is -2.31. The van der Waals surface area contributed by atoms with Crippen molar-refractivity contribution in [3.05, 3.63) is 78.0 Å². The Kier molecular flexibility index (Phi) is 6.84. The average molecular weight is 471 g/mol. The van der Waals surface area contributed by atoms with E-state index in [-0.39, 0.29) is 5.91 Å². The SMILES string of the molecule is CC(=O)N1C(=O)/C(=C(\Nc2ccc(N(C)CCN(C)C)nc2)c2ccccc2)c2ccc(N)cc21. The lowest BCUT2D eigenvalue weighted by atomic mass is 10.00. The van der Waals surface area contributed by atoms with Crippen LogP contribution in [0.15, 0.2) is 66.9 Å². The zero-order chi connectivity index (χ0) is 25.1. The molecule has 0 fully saturated rings. The summed E-state index contributed by atoms with van der Waals surface area (Å²) in [4.78, 5) is 35.9. The first-order chi connectivity index (χ1) is 16.8. The van der Waals surface area contributed by atoms with Crippen molar-refractivity contribution in [2.24, 2.45) is 0 Å². The maximum absolute atomic E-state index is 13.5. The Hall–Kier alpha value is -4.17. The number of benzene rings is 2. The third kappa shape index (κ3) is 5.02. The highest BCUT2D eigenvalue weighted by atomic mass is 16.2. The maximum Gasteiger partial charge on any atom is 0.267 e. The summed E-state index contributed by atoms with van der Waals surface area (Å²) in [6.07, 6.45) is 1.75. The number of aromatic nitrogens is 1. The third-order valence-corrected chi connectivity index (χ3v) is 5.87. The molecular formula is C27H30N6O2. The zero-order valence-corrected chi connectivity index (χ0v) is 20.4. The monoisotopic (exact) mass is 470 g/mol. The molecule has 1 aromatic heterocycles. The molecule has 2 amide bonds. The lowest BCUT2D eigenvalue weighted by molar-refractivity contribution is -0.122. The Balaban J connectivity index is 1.76. The van der Waals surface area contributed by atoms with Crippen LogP contribution in [0.4, 0.5) is 22.9 Å². The number of likely N-dealkylation sites (N-methyl/N-ethyl adjacent to an activating group) is 2. The van der Waals surface area contributed by atoms with Gasteiger partial charge in [0, 0.05) is 38.3 Å². The van der Waals surface area contributed by atoms with Gasteiger partial charge in [-0.25, -0.2) is 9.88 Å². The number of imide groups is 1. The second kappa shape index (κ2) is 9.99. The van der Waals surface area contributed by atoms with E-state index in [9.17, 15) is 9.59 Å². The zero-order valence-electron chi connectivity index (χ0n) is 20.4. The normalized spacial score (nSPS) is 14.2. The summed E-state index contributed by atoms with van der Waals surface area (Å²) in [6, 6.07) is 18.6. The van der Waals surface area contributed by atoms with Gasteiger partial charge < -0.3 is 20.9 Å². The highest BCUT2D eigenvalue weighted by molar-refractivity contribution is 6.43. The number of rotatable bonds is 7. The Labute approximate surface area is 205 Å². The summed E-state index contributed by atoms with van der Waals surface area (Å²) in [5, 5.41) is 3.40. The molecule has 4 rings (SSSR count). The van der Waals surface area contributed by atoms with Gasteiger partial charge in [-0.2, -0.15) is 0 Å². The summed E-state index contributed by atoms with van der Waals surface area (Å²) >= 11 is 0. The van der Waals surface area contributed by atoms with Crippen LogP contribution in [0.1, 0.15) is 18.1 Å². The van der Waals surface area contributed by atoms with Gasteiger partial charge in [0.15, 0.2) is 0 Å². The predicted octanol–water partition coefficient (Wildman–Crippen LogP) is 3.54. The van der Waals surface area contributed by atoms with Gasteiger partial charge in [0.1, 0.15) is 5.82 Å². The molecule has 0 saturated carbocycles. The van der Waals surface area contributed by atoms with E-state index >= 15 is 0 Å². The minimum Gasteiger partial charge on any atom is -0.399 e. The van der Waals surface area contributed by atoms with Crippen molar-refractivity contribution < 1.29 is 9.59 Å². The van der Waals surface area contributed by atoms with Gasteiger partial charge in [-0.05, 0) is 50.0 Å². The number of anilines is 4. The number of fused-ring (bicyclic) bond motifs is 1. The topological polar surface area (TPSA) is 94.8 Å². The minimum atomic E-state index is -0.391. The van der Waals surface area contributed by atoms with Crippen LogP contribution >= 0.6 is 0 Å². The van der Waals surface area contributed by atoms with E-state index in [1.165, 1.54) is 11.8 Å². The highest BCUT2D eigenvalue weighted by Gasteiger charge is 2.37. The van der Waals surface area contributed by atoms with Crippen LogP contribution in [-0.4, -0.2) is 55.9 Å². The molecule has 8 nitrogen and oxygen atoms in total. The molecule has 0 saturated heterocycles. The van der Waals surface area contributed by atoms with E-state index in [1.54, 1.807) is 24.4 Å². The van der Waals surface area contributed by atoms with E-state index in [4.69, 9.17) is 5.73 Å². The Morgan fingerprint density at radius 3 is 2.40 bits per heavy atom. The molecule has 0 atom stereocenters. The molecule has 0 spiro atoms. The fraction of sp³-hybridized carbons (Fsp3) is 0.222. The predicted molar refractivity (Wildman–Crippen MR) is 142 cm³/mol. The number of nitrogens with zero attached hydrogens (tertiary/aromatic N) is 4. The van der Waals surface area contributed by atoms with Crippen LogP contribution in [0.25, 0.3) is 11.3 Å². The summed E-state index contributed by atoms with van der Waals surface area (Å²) in [7, 11) is 6.08. The Bertz CT molecular complexity index is 1270. The van der Waals surface area contributed by atoms with Gasteiger partial charge in [0.2, 0.25) is 5.91 Å². The van der Waals surface area contributed by atoms with Gasteiger partial charge in [-0.1, -0.05) is 30.3 Å². The van der Waals surface area contributed by atoms with Crippen molar-refractivity contribution in [1.82, 2.24) is 9.88 Å². The number of hydrogen-bond acceptors (Lipinski definition) is 7. The molecule has 0 aliphatic carbocycles. The van der Waals surface area contributed by atoms with Crippen LogP contribution in [0.5, 0.6) is 0 Å². The van der Waals surface area contributed by atoms with Gasteiger partial charge in [-0.3, -0.25) is 9.59 Å². The van der Waals surface area contributed by atoms with Crippen molar-refractivity contribution in [2.45, 2.75) is 6.92 Å². The molecule has 2 aromatic carbocycles. The number of nitrogens with one attached hydrogen (secondary N) is 1. The van der Waals surface area contributed by atoms with Crippen molar-refractivity contribution >= 4 is 46.0 Å². The maximum atomic E-state index is 13.5. The van der Waals surface area contributed by atoms with E-state index < -0.39 is 5.91 Å². The quantitative estimate of drug-likeness (QED) is 0.403. The van der Waals surface area contributed by atoms with Crippen LogP contribution in [0, 0.1) is 0 Å². The third-order valence-electron chi connectivity index (χ3n) is 5.87. The number of nitrogens with two attached hydrogens (primary N) is 1. The average Bonchev–Trinajstić information content (AvgIpc) is 3.12. The van der Waals surface area contributed by atoms with Crippen molar-refractivity contribution in [3.8, 4) is 0 Å². The molecule has 180 valence electrons. The molecule has 35 heavy (non-hydrogen) atoms. The molecule has 1 aliphatic rings. The highest BCUT2D eigenvalue weighted by Crippen LogP contribution is 2.42. The van der Waals surface area contributed by atoms with Gasteiger partial charge in [0.05, 0.1) is 28.8 Å². The first kappa shape index (κ1) is 24.0. The number of nitrogen functional groups attached to an aromatic ring is 1. The van der Waals surface area contributed by atoms with Gasteiger partial charge in [-0.15, -0.1) is 0 Å². The molecule has 0 unspecified atom stereocenters. The lowest BCUT2D eigenvalue weighted by Gasteiger charge is -2.21. The van der Waals surface area contributed by atoms with Gasteiger partial charge >= 0.3 is 0 Å². The molecule has 0 bridgehead atoms. The van der Waals surface area contributed by atoms with Crippen LogP contribution in [0.2, 0.25) is 0 Å². The van der Waals surface area contributed by atoms with Gasteiger partial charge in [0.25, 0.3) is 5.91 Å². The number of carbonyl (C=O) groups is 2. The first-order valence-electron chi connectivity index (χ1n) is 11.4. The smallest absolute Gasteiger partial charge is 0.267 e. The van der Waals surface area contributed by atoms with E-state index in [0.29, 0.717) is 28.2 Å². The summed E-state index contributed by atoms with van der Waals surface area (Å²) < 4.78 is 0. The van der Waals surface area contributed by atoms with Crippen LogP contribution in [0.3, 0.4) is 0 Å². The summed E-state index contributed by atoms with van der Waals surface area (Å²) in [6.45, 7) is 3.14. The number of carbonyl (C=O) groups excluding carboxylic acids is 2. The number of pyridine rings is 1. The van der Waals surface area contributed by atoms with E-state index in [2.05, 4.69) is 20.1 Å². The molecule has 8 heteroatoms. The van der Waals surface area contributed by atoms with Crippen molar-refractivity contribution in [1.29, 1.82) is 0 Å². The fourth-order valence-corrected chi connectivity index (χ4v) is 4.01. The van der Waals surface area contributed by atoms with Crippen molar-refractivity contribution in [2.75, 3.05) is 55.1 Å². The minimum absolute atomic E-state index is 0.365. The second-order valence-corrected chi connectivity index (χ2v) is 8.81. The number of amides is 2. The van der Waals surface area contributed by atoms with E-state index in [1.807, 2.05) is 63.6 Å². The largest absolute Gasteiger partial charge is 0.399 e. The molecular weight excluding hydrogens is 440 g/mol. The molecule has 0 radical (unpaired) electrons. The molecule has 3 N–H and O–H groups in total. The van der Waals surface area contributed by atoms with Crippen LogP contribution in [-0.2, 0) is 9.59 Å². The molecule has 3 aromatic rings. The van der Waals surface area contributed by atoms with Crippen molar-refractivity contribution in [3.63, 3.8) is 0 Å². The second-order valence-electron chi connectivity index (χ2n) is 8.81. The summed E-state index contributed by atoms with van der Waals surface area (Å²) in [5.41, 5.74) is 10.2. The Morgan fingerprint density at radius 2 is 1.77 bits per heavy atom. The Morgan fingerprint density at radius 1 is 1.03 bits per heavy atom. The standard InChI is InChI=1S/C27H30N6O2/c1-18(34)33-23-16-20(28)10-12-22(23)25(27(33)35)26(19-8-6-5-7-9-19)30-21-11-13-24(29-17-21)32(4)15-14-31(2)3/h5-13,16-17,30H,14-15,28H2,1-4H3/b26-25-. The first-order valence-corrected chi connectivity index (χ1v) is 11.4. The molecule has 2 heterocycles. The summed E-state index contributed by atoms with van der Waals surface area (Å²) in [5.74, 6) is 0.0975. The van der Waals surface area contributed by atoms with Crippen LogP contribution < -0.4 is 20.9 Å². The van der Waals surface area contributed by atoms with E-state index in [0.717, 1.165) is 30.2 Å². The molecule has 1 aliphatic heterocycles. The fourth-order valence-electron chi connectivity index (χ4n) is 4.01.